The van der Waals surface area contributed by atoms with Crippen LogP contribution in [0.2, 0.25) is 0 Å². The quantitative estimate of drug-likeness (QED) is 0.739. The second-order valence-electron chi connectivity index (χ2n) is 7.29. The molecule has 150 valence electrons. The molecular weight excluding hydrogens is 373 g/mol. The smallest absolute Gasteiger partial charge is 0.271 e. The van der Waals surface area contributed by atoms with Gasteiger partial charge in [0, 0.05) is 43.0 Å². The lowest BCUT2D eigenvalue weighted by Crippen LogP contribution is -2.57. The van der Waals surface area contributed by atoms with E-state index in [4.69, 9.17) is 0 Å². The zero-order valence-electron chi connectivity index (χ0n) is 16.4. The highest BCUT2D eigenvalue weighted by atomic mass is 19.1. The molecule has 1 N–H and O–H groups in total. The normalized spacial score (nSPS) is 17.0. The van der Waals surface area contributed by atoms with Gasteiger partial charge in [0.2, 0.25) is 0 Å². The summed E-state index contributed by atoms with van der Waals surface area (Å²) >= 11 is 0. The summed E-state index contributed by atoms with van der Waals surface area (Å²) in [7, 11) is 0. The molecule has 4 rings (SSSR count). The van der Waals surface area contributed by atoms with Crippen molar-refractivity contribution in [1.29, 1.82) is 0 Å². The predicted molar refractivity (Wildman–Crippen MR) is 107 cm³/mol. The van der Waals surface area contributed by atoms with Gasteiger partial charge in [-0.15, -0.1) is 0 Å². The van der Waals surface area contributed by atoms with E-state index in [9.17, 15) is 14.0 Å². The third-order valence-corrected chi connectivity index (χ3v) is 5.58. The Hall–Kier alpha value is -3.29. The van der Waals surface area contributed by atoms with Crippen molar-refractivity contribution in [2.45, 2.75) is 19.9 Å². The number of fused-ring (bicyclic) bond motifs is 1. The fourth-order valence-corrected chi connectivity index (χ4v) is 3.83. The van der Waals surface area contributed by atoms with Gasteiger partial charge in [0.25, 0.3) is 11.8 Å². The maximum atomic E-state index is 13.9. The molecule has 7 nitrogen and oxygen atoms in total. The van der Waals surface area contributed by atoms with Crippen LogP contribution in [0.4, 0.5) is 4.39 Å². The van der Waals surface area contributed by atoms with E-state index in [-0.39, 0.29) is 24.9 Å². The molecule has 0 spiro atoms. The number of nitrogens with zero attached hydrogens (tertiary/aromatic N) is 4. The van der Waals surface area contributed by atoms with Crippen molar-refractivity contribution >= 4 is 22.7 Å². The van der Waals surface area contributed by atoms with Crippen molar-refractivity contribution in [1.82, 2.24) is 25.0 Å². The largest absolute Gasteiger partial charge is 0.333 e. The summed E-state index contributed by atoms with van der Waals surface area (Å²) in [5, 5.41) is 7.18. The summed E-state index contributed by atoms with van der Waals surface area (Å²) in [6, 6.07) is 6.39. The molecule has 2 amide bonds. The number of alkyl halides is 1. The van der Waals surface area contributed by atoms with Crippen LogP contribution in [-0.2, 0) is 0 Å². The number of nitrogens with one attached hydrogen (secondary N) is 1. The van der Waals surface area contributed by atoms with E-state index in [1.807, 2.05) is 26.0 Å². The maximum Gasteiger partial charge on any atom is 0.271 e. The Bertz CT molecular complexity index is 1070. The number of pyridine rings is 1. The van der Waals surface area contributed by atoms with Gasteiger partial charge in [-0.25, -0.2) is 4.39 Å². The van der Waals surface area contributed by atoms with Crippen LogP contribution in [0.3, 0.4) is 0 Å². The van der Waals surface area contributed by atoms with Crippen molar-refractivity contribution < 1.29 is 14.0 Å². The summed E-state index contributed by atoms with van der Waals surface area (Å²) in [6.45, 7) is 3.93. The van der Waals surface area contributed by atoms with Crippen molar-refractivity contribution in [2.75, 3.05) is 26.3 Å². The second-order valence-corrected chi connectivity index (χ2v) is 7.29. The Morgan fingerprint density at radius 1 is 1.21 bits per heavy atom. The zero-order chi connectivity index (χ0) is 20.5. The minimum atomic E-state index is -0.723. The van der Waals surface area contributed by atoms with Crippen molar-refractivity contribution in [3.63, 3.8) is 0 Å². The third-order valence-electron chi connectivity index (χ3n) is 5.58. The van der Waals surface area contributed by atoms with Gasteiger partial charge in [0.15, 0.2) is 0 Å². The van der Waals surface area contributed by atoms with Crippen molar-refractivity contribution in [3.05, 3.63) is 59.0 Å². The topological polar surface area (TPSA) is 82.2 Å². The number of benzene rings is 1. The summed E-state index contributed by atoms with van der Waals surface area (Å²) in [4.78, 5) is 33.4. The van der Waals surface area contributed by atoms with Gasteiger partial charge in [-0.05, 0) is 43.2 Å². The lowest BCUT2D eigenvalue weighted by Gasteiger charge is -2.40. The van der Waals surface area contributed by atoms with E-state index in [1.165, 1.54) is 11.1 Å². The van der Waals surface area contributed by atoms with Gasteiger partial charge >= 0.3 is 0 Å². The van der Waals surface area contributed by atoms with Crippen LogP contribution in [0.25, 0.3) is 10.9 Å². The highest BCUT2D eigenvalue weighted by Gasteiger charge is 2.34. The minimum Gasteiger partial charge on any atom is -0.333 e. The van der Waals surface area contributed by atoms with Crippen LogP contribution < -0.4 is 0 Å². The van der Waals surface area contributed by atoms with Gasteiger partial charge in [-0.3, -0.25) is 19.7 Å². The van der Waals surface area contributed by atoms with Crippen LogP contribution in [0.15, 0.2) is 36.7 Å². The summed E-state index contributed by atoms with van der Waals surface area (Å²) in [6.07, 6.45) is 3.20. The summed E-state index contributed by atoms with van der Waals surface area (Å²) in [5.41, 5.74) is 3.64. The Morgan fingerprint density at radius 3 is 2.76 bits per heavy atom. The number of piperazine rings is 1. The molecule has 1 atom stereocenters. The number of aryl methyl sites for hydroxylation is 2. The number of hydrogen-bond acceptors (Lipinski definition) is 4. The average molecular weight is 395 g/mol. The molecule has 1 aliphatic rings. The fourth-order valence-electron chi connectivity index (χ4n) is 3.83. The molecule has 29 heavy (non-hydrogen) atoms. The van der Waals surface area contributed by atoms with Gasteiger partial charge in [0.05, 0.1) is 11.6 Å². The molecule has 2 aromatic heterocycles. The SMILES string of the molecule is Cc1cc(C(=O)N2CCN(C(=O)c3ccn[nH]3)CC2CF)c2cccnc2c1C. The Kier molecular flexibility index (Phi) is 5.00. The maximum absolute atomic E-state index is 13.9. The molecule has 1 fully saturated rings. The molecule has 1 saturated heterocycles. The molecule has 0 bridgehead atoms. The summed E-state index contributed by atoms with van der Waals surface area (Å²) in [5.74, 6) is -0.476. The van der Waals surface area contributed by atoms with E-state index < -0.39 is 12.7 Å². The van der Waals surface area contributed by atoms with E-state index in [1.54, 1.807) is 23.2 Å². The molecule has 0 saturated carbocycles. The van der Waals surface area contributed by atoms with Crippen LogP contribution in [0.5, 0.6) is 0 Å². The zero-order valence-corrected chi connectivity index (χ0v) is 16.4. The van der Waals surface area contributed by atoms with Crippen LogP contribution in [0, 0.1) is 13.8 Å². The lowest BCUT2D eigenvalue weighted by atomic mass is 9.98. The first-order chi connectivity index (χ1) is 14.0. The Labute approximate surface area is 167 Å². The molecule has 3 aromatic rings. The molecule has 1 aromatic carbocycles. The Morgan fingerprint density at radius 2 is 2.03 bits per heavy atom. The van der Waals surface area contributed by atoms with E-state index >= 15 is 0 Å². The highest BCUT2D eigenvalue weighted by Crippen LogP contribution is 2.26. The van der Waals surface area contributed by atoms with Gasteiger partial charge in [-0.1, -0.05) is 6.07 Å². The number of halogens is 1. The van der Waals surface area contributed by atoms with E-state index in [2.05, 4.69) is 15.2 Å². The van der Waals surface area contributed by atoms with Gasteiger partial charge < -0.3 is 9.80 Å². The second kappa shape index (κ2) is 7.62. The first-order valence-electron chi connectivity index (χ1n) is 9.51. The molecule has 8 heteroatoms. The first kappa shape index (κ1) is 19.0. The number of carbonyl (C=O) groups is 2. The molecule has 0 radical (unpaired) electrons. The number of hydrogen-bond donors (Lipinski definition) is 1. The molecular formula is C21H22FN5O2. The third kappa shape index (κ3) is 3.35. The number of carbonyl (C=O) groups excluding carboxylic acids is 2. The van der Waals surface area contributed by atoms with Crippen molar-refractivity contribution in [3.8, 4) is 0 Å². The van der Waals surface area contributed by atoms with Gasteiger partial charge in [-0.2, -0.15) is 5.10 Å². The van der Waals surface area contributed by atoms with E-state index in [0.29, 0.717) is 17.8 Å². The van der Waals surface area contributed by atoms with Crippen LogP contribution >= 0.6 is 0 Å². The van der Waals surface area contributed by atoms with Gasteiger partial charge in [0.1, 0.15) is 12.4 Å². The lowest BCUT2D eigenvalue weighted by molar-refractivity contribution is 0.0341. The van der Waals surface area contributed by atoms with Crippen LogP contribution in [-0.4, -0.2) is 69.1 Å². The minimum absolute atomic E-state index is 0.140. The molecule has 1 aliphatic heterocycles. The average Bonchev–Trinajstić information content (AvgIpc) is 3.29. The fraction of sp³-hybridized carbons (Fsp3) is 0.333. The molecule has 1 unspecified atom stereocenters. The standard InChI is InChI=1S/C21H22FN5O2/c1-13-10-17(16-4-3-6-23-19(16)14(13)2)20(28)27-9-8-26(12-15(27)11-22)21(29)18-5-7-24-25-18/h3-7,10,15H,8-9,11-12H2,1-2H3,(H,24,25). The highest BCUT2D eigenvalue weighted by molar-refractivity contribution is 6.07. The van der Waals surface area contributed by atoms with Crippen LogP contribution in [0.1, 0.15) is 32.0 Å². The number of aromatic amines is 1. The first-order valence-corrected chi connectivity index (χ1v) is 9.51. The summed E-state index contributed by atoms with van der Waals surface area (Å²) < 4.78 is 13.9. The predicted octanol–water partition coefficient (Wildman–Crippen LogP) is 2.51. The Balaban J connectivity index is 1.62. The monoisotopic (exact) mass is 395 g/mol. The number of aromatic nitrogens is 3. The number of amides is 2. The van der Waals surface area contributed by atoms with Crippen molar-refractivity contribution in [2.24, 2.45) is 0 Å². The number of rotatable bonds is 3. The molecule has 3 heterocycles. The van der Waals surface area contributed by atoms with E-state index in [0.717, 1.165) is 22.0 Å². The molecule has 0 aliphatic carbocycles. The number of H-pyrrole nitrogens is 1.